The quantitative estimate of drug-likeness (QED) is 0.851. The molecular formula is C15H14N2O2S. The lowest BCUT2D eigenvalue weighted by Gasteiger charge is -2.21. The SMILES string of the molecule is CC(=O)CN1C(=O)CCSc2c1cnc1ccccc21. The minimum absolute atomic E-state index is 0.0106. The Hall–Kier alpha value is -1.88. The molecule has 1 aromatic carbocycles. The lowest BCUT2D eigenvalue weighted by Crippen LogP contribution is -2.34. The van der Waals surface area contributed by atoms with Crippen molar-refractivity contribution in [3.05, 3.63) is 30.5 Å². The first kappa shape index (κ1) is 13.1. The van der Waals surface area contributed by atoms with Crippen molar-refractivity contribution in [3.63, 3.8) is 0 Å². The summed E-state index contributed by atoms with van der Waals surface area (Å²) in [5.74, 6) is 0.696. The van der Waals surface area contributed by atoms with Crippen molar-refractivity contribution in [1.29, 1.82) is 0 Å². The van der Waals surface area contributed by atoms with Gasteiger partial charge in [-0.25, -0.2) is 0 Å². The van der Waals surface area contributed by atoms with Crippen LogP contribution in [0.25, 0.3) is 10.9 Å². The maximum Gasteiger partial charge on any atom is 0.228 e. The fourth-order valence-electron chi connectivity index (χ4n) is 2.36. The van der Waals surface area contributed by atoms with Gasteiger partial charge in [-0.15, -0.1) is 11.8 Å². The Balaban J connectivity index is 2.19. The Morgan fingerprint density at radius 2 is 2.20 bits per heavy atom. The monoisotopic (exact) mass is 286 g/mol. The van der Waals surface area contributed by atoms with Crippen LogP contribution in [0.2, 0.25) is 0 Å². The molecule has 0 spiro atoms. The number of nitrogens with zero attached hydrogens (tertiary/aromatic N) is 2. The molecule has 0 unspecified atom stereocenters. The zero-order valence-corrected chi connectivity index (χ0v) is 11.9. The van der Waals surface area contributed by atoms with Crippen molar-refractivity contribution in [2.75, 3.05) is 17.2 Å². The zero-order valence-electron chi connectivity index (χ0n) is 11.1. The van der Waals surface area contributed by atoms with Crippen LogP contribution in [0.5, 0.6) is 0 Å². The Labute approximate surface area is 121 Å². The third-order valence-electron chi connectivity index (χ3n) is 3.24. The minimum Gasteiger partial charge on any atom is -0.302 e. The molecule has 2 aromatic rings. The fraction of sp³-hybridized carbons (Fsp3) is 0.267. The number of benzene rings is 1. The maximum atomic E-state index is 12.2. The van der Waals surface area contributed by atoms with Crippen LogP contribution in [-0.2, 0) is 9.59 Å². The number of hydrogen-bond donors (Lipinski definition) is 0. The van der Waals surface area contributed by atoms with Crippen LogP contribution in [0.1, 0.15) is 13.3 Å². The van der Waals surface area contributed by atoms with Gasteiger partial charge in [-0.1, -0.05) is 18.2 Å². The van der Waals surface area contributed by atoms with E-state index in [2.05, 4.69) is 4.98 Å². The molecule has 0 atom stereocenters. The van der Waals surface area contributed by atoms with Crippen molar-refractivity contribution >= 4 is 40.0 Å². The average Bonchev–Trinajstić information content (AvgIpc) is 2.59. The van der Waals surface area contributed by atoms with Gasteiger partial charge in [0.05, 0.1) is 23.9 Å². The molecule has 0 radical (unpaired) electrons. The number of ketones is 1. The molecule has 1 aliphatic rings. The summed E-state index contributed by atoms with van der Waals surface area (Å²) in [6.07, 6.45) is 2.15. The minimum atomic E-state index is -0.0237. The predicted molar refractivity (Wildman–Crippen MR) is 80.1 cm³/mol. The largest absolute Gasteiger partial charge is 0.302 e. The number of pyridine rings is 1. The Kier molecular flexibility index (Phi) is 3.44. The number of aromatic nitrogens is 1. The fourth-order valence-corrected chi connectivity index (χ4v) is 3.47. The molecule has 20 heavy (non-hydrogen) atoms. The molecule has 0 bridgehead atoms. The van der Waals surface area contributed by atoms with Crippen LogP contribution in [0.4, 0.5) is 5.69 Å². The van der Waals surface area contributed by atoms with Crippen LogP contribution < -0.4 is 4.90 Å². The smallest absolute Gasteiger partial charge is 0.228 e. The molecular weight excluding hydrogens is 272 g/mol. The number of Topliss-reactive ketones (excluding diaryl/α,β-unsaturated/α-hetero) is 1. The van der Waals surface area contributed by atoms with Gasteiger partial charge in [-0.2, -0.15) is 0 Å². The second kappa shape index (κ2) is 5.25. The van der Waals surface area contributed by atoms with Crippen LogP contribution in [0.3, 0.4) is 0 Å². The predicted octanol–water partition coefficient (Wildman–Crippen LogP) is 2.65. The van der Waals surface area contributed by atoms with Crippen LogP contribution in [0, 0.1) is 0 Å². The number of para-hydroxylation sites is 1. The van der Waals surface area contributed by atoms with Crippen molar-refractivity contribution in [3.8, 4) is 0 Å². The van der Waals surface area contributed by atoms with E-state index in [0.29, 0.717) is 6.42 Å². The number of hydrogen-bond acceptors (Lipinski definition) is 4. The number of carbonyl (C=O) groups excluding carboxylic acids is 2. The van der Waals surface area contributed by atoms with Gasteiger partial charge in [0, 0.05) is 22.5 Å². The summed E-state index contributed by atoms with van der Waals surface area (Å²) >= 11 is 1.66. The van der Waals surface area contributed by atoms with Crippen LogP contribution in [0.15, 0.2) is 35.4 Å². The summed E-state index contributed by atoms with van der Waals surface area (Å²) in [4.78, 5) is 30.6. The summed E-state index contributed by atoms with van der Waals surface area (Å²) < 4.78 is 0. The highest BCUT2D eigenvalue weighted by atomic mass is 32.2. The van der Waals surface area contributed by atoms with E-state index < -0.39 is 0 Å². The van der Waals surface area contributed by atoms with Gasteiger partial charge < -0.3 is 4.90 Å². The molecule has 1 aromatic heterocycles. The van der Waals surface area contributed by atoms with Crippen molar-refractivity contribution in [2.24, 2.45) is 0 Å². The lowest BCUT2D eigenvalue weighted by atomic mass is 10.2. The molecule has 0 N–H and O–H groups in total. The number of anilines is 1. The molecule has 4 nitrogen and oxygen atoms in total. The summed E-state index contributed by atoms with van der Waals surface area (Å²) in [6.45, 7) is 1.62. The number of amides is 1. The van der Waals surface area contributed by atoms with Gasteiger partial charge in [0.25, 0.3) is 0 Å². The highest BCUT2D eigenvalue weighted by molar-refractivity contribution is 7.99. The van der Waals surface area contributed by atoms with Crippen LogP contribution in [-0.4, -0.2) is 29.0 Å². The summed E-state index contributed by atoms with van der Waals surface area (Å²) in [5.41, 5.74) is 1.67. The van der Waals surface area contributed by atoms with E-state index in [0.717, 1.165) is 27.2 Å². The second-order valence-electron chi connectivity index (χ2n) is 4.77. The first-order valence-corrected chi connectivity index (χ1v) is 7.46. The molecule has 0 aliphatic carbocycles. The highest BCUT2D eigenvalue weighted by Gasteiger charge is 2.25. The average molecular weight is 286 g/mol. The van der Waals surface area contributed by atoms with E-state index in [4.69, 9.17) is 0 Å². The van der Waals surface area contributed by atoms with Crippen LogP contribution >= 0.6 is 11.8 Å². The first-order valence-electron chi connectivity index (χ1n) is 6.47. The van der Waals surface area contributed by atoms with Gasteiger partial charge in [-0.3, -0.25) is 14.6 Å². The van der Waals surface area contributed by atoms with Gasteiger partial charge in [0.2, 0.25) is 5.91 Å². The van der Waals surface area contributed by atoms with E-state index in [9.17, 15) is 9.59 Å². The van der Waals surface area contributed by atoms with Crippen molar-refractivity contribution in [1.82, 2.24) is 4.98 Å². The number of fused-ring (bicyclic) bond motifs is 3. The number of thioether (sulfide) groups is 1. The van der Waals surface area contributed by atoms with Crippen molar-refractivity contribution < 1.29 is 9.59 Å². The molecule has 3 rings (SSSR count). The van der Waals surface area contributed by atoms with E-state index in [1.165, 1.54) is 6.92 Å². The zero-order chi connectivity index (χ0) is 14.1. The molecule has 0 saturated heterocycles. The van der Waals surface area contributed by atoms with Gasteiger partial charge in [-0.05, 0) is 13.0 Å². The Morgan fingerprint density at radius 1 is 1.40 bits per heavy atom. The number of rotatable bonds is 2. The summed E-state index contributed by atoms with van der Waals surface area (Å²) in [5, 5.41) is 1.04. The van der Waals surface area contributed by atoms with Gasteiger partial charge >= 0.3 is 0 Å². The molecule has 0 fully saturated rings. The van der Waals surface area contributed by atoms with E-state index in [1.807, 2.05) is 24.3 Å². The Bertz CT molecular complexity index is 699. The summed E-state index contributed by atoms with van der Waals surface area (Å²) in [7, 11) is 0. The molecule has 1 aliphatic heterocycles. The summed E-state index contributed by atoms with van der Waals surface area (Å²) in [6, 6.07) is 7.88. The highest BCUT2D eigenvalue weighted by Crippen LogP contribution is 2.38. The van der Waals surface area contributed by atoms with Gasteiger partial charge in [0.1, 0.15) is 5.78 Å². The van der Waals surface area contributed by atoms with Crippen molar-refractivity contribution in [2.45, 2.75) is 18.2 Å². The van der Waals surface area contributed by atoms with E-state index >= 15 is 0 Å². The van der Waals surface area contributed by atoms with E-state index in [1.54, 1.807) is 22.9 Å². The molecule has 5 heteroatoms. The van der Waals surface area contributed by atoms with Gasteiger partial charge in [0.15, 0.2) is 0 Å². The third kappa shape index (κ3) is 2.29. The maximum absolute atomic E-state index is 12.2. The standard InChI is InChI=1S/C15H14N2O2S/c1-10(18)9-17-13-8-16-12-5-3-2-4-11(12)15(13)20-7-6-14(17)19/h2-5,8H,6-7,9H2,1H3. The normalized spacial score (nSPS) is 15.1. The molecule has 1 amide bonds. The lowest BCUT2D eigenvalue weighted by molar-refractivity contribution is -0.121. The third-order valence-corrected chi connectivity index (χ3v) is 4.37. The molecule has 102 valence electrons. The molecule has 2 heterocycles. The molecule has 0 saturated carbocycles. The van der Waals surface area contributed by atoms with E-state index in [-0.39, 0.29) is 18.2 Å². The number of carbonyl (C=O) groups is 2. The second-order valence-corrected chi connectivity index (χ2v) is 5.88. The first-order chi connectivity index (χ1) is 9.66. The Morgan fingerprint density at radius 3 is 3.00 bits per heavy atom. The topological polar surface area (TPSA) is 50.3 Å².